The molecule has 4 nitrogen and oxygen atoms in total. The molecule has 24 heavy (non-hydrogen) atoms. The third kappa shape index (κ3) is 7.11. The second kappa shape index (κ2) is 12.2. The molecule has 1 aromatic rings. The number of hydrogen-bond donors (Lipinski definition) is 2. The lowest BCUT2D eigenvalue weighted by Gasteiger charge is -2.18. The number of guanidine groups is 1. The Morgan fingerprint density at radius 2 is 1.92 bits per heavy atom. The molecule has 134 valence electrons. The van der Waals surface area contributed by atoms with E-state index >= 15 is 0 Å². The Balaban J connectivity index is 0.00000288. The van der Waals surface area contributed by atoms with Crippen LogP contribution in [-0.4, -0.2) is 32.1 Å². The van der Waals surface area contributed by atoms with Crippen molar-refractivity contribution in [3.63, 3.8) is 0 Å². The molecular formula is C19H31IN4. The van der Waals surface area contributed by atoms with Gasteiger partial charge >= 0.3 is 0 Å². The molecule has 0 saturated carbocycles. The van der Waals surface area contributed by atoms with Crippen LogP contribution in [0.25, 0.3) is 0 Å². The Morgan fingerprint density at radius 3 is 2.62 bits per heavy atom. The minimum Gasteiger partial charge on any atom is -0.364 e. The first-order valence-electron chi connectivity index (χ1n) is 8.84. The highest BCUT2D eigenvalue weighted by atomic mass is 127. The third-order valence-electron chi connectivity index (χ3n) is 3.93. The van der Waals surface area contributed by atoms with Gasteiger partial charge in [-0.1, -0.05) is 44.1 Å². The Hall–Kier alpha value is -1.24. The van der Waals surface area contributed by atoms with Gasteiger partial charge in [0, 0.05) is 31.9 Å². The highest BCUT2D eigenvalue weighted by molar-refractivity contribution is 14.0. The number of hydrogen-bond acceptors (Lipinski definition) is 2. The molecule has 0 aromatic heterocycles. The summed E-state index contributed by atoms with van der Waals surface area (Å²) < 4.78 is 0. The van der Waals surface area contributed by atoms with Gasteiger partial charge in [0.1, 0.15) is 0 Å². The fourth-order valence-electron chi connectivity index (χ4n) is 2.63. The highest BCUT2D eigenvalue weighted by Crippen LogP contribution is 2.18. The second-order valence-corrected chi connectivity index (χ2v) is 5.88. The third-order valence-corrected chi connectivity index (χ3v) is 3.93. The topological polar surface area (TPSA) is 39.7 Å². The molecule has 0 saturated heterocycles. The van der Waals surface area contributed by atoms with Gasteiger partial charge in [-0.2, -0.15) is 0 Å². The molecule has 0 atom stereocenters. The van der Waals surface area contributed by atoms with E-state index in [0.29, 0.717) is 6.54 Å². The van der Waals surface area contributed by atoms with Gasteiger partial charge in [0.2, 0.25) is 0 Å². The molecule has 0 aliphatic carbocycles. The molecular weight excluding hydrogens is 411 g/mol. The van der Waals surface area contributed by atoms with Gasteiger partial charge in [-0.25, -0.2) is 4.99 Å². The lowest BCUT2D eigenvalue weighted by atomic mass is 10.2. The minimum absolute atomic E-state index is 0. The van der Waals surface area contributed by atoms with Crippen LogP contribution in [0.4, 0.5) is 5.69 Å². The van der Waals surface area contributed by atoms with Crippen molar-refractivity contribution in [2.45, 2.75) is 39.7 Å². The van der Waals surface area contributed by atoms with Crippen LogP contribution in [0.15, 0.2) is 41.4 Å². The van der Waals surface area contributed by atoms with Gasteiger partial charge in [-0.3, -0.25) is 0 Å². The van der Waals surface area contributed by atoms with Gasteiger partial charge in [0.25, 0.3) is 0 Å². The number of unbranched alkanes of at least 4 members (excludes halogenated alkanes) is 2. The fourth-order valence-corrected chi connectivity index (χ4v) is 2.63. The molecule has 1 aromatic carbocycles. The van der Waals surface area contributed by atoms with E-state index in [1.165, 1.54) is 30.5 Å². The maximum Gasteiger partial charge on any atom is 0.191 e. The molecule has 1 aliphatic heterocycles. The number of rotatable bonds is 8. The zero-order valence-electron chi connectivity index (χ0n) is 14.9. The Morgan fingerprint density at radius 1 is 1.12 bits per heavy atom. The molecule has 0 fully saturated rings. The molecule has 2 N–H and O–H groups in total. The van der Waals surface area contributed by atoms with Gasteiger partial charge in [-0.05, 0) is 31.0 Å². The lowest BCUT2D eigenvalue weighted by molar-refractivity contribution is 0.683. The summed E-state index contributed by atoms with van der Waals surface area (Å²) in [6.07, 6.45) is 8.13. The quantitative estimate of drug-likeness (QED) is 0.211. The van der Waals surface area contributed by atoms with E-state index in [-0.39, 0.29) is 24.0 Å². The van der Waals surface area contributed by atoms with Gasteiger partial charge in [0.05, 0.1) is 6.54 Å². The van der Waals surface area contributed by atoms with E-state index in [1.54, 1.807) is 0 Å². The Kier molecular flexibility index (Phi) is 10.5. The first kappa shape index (κ1) is 20.8. The van der Waals surface area contributed by atoms with E-state index in [4.69, 9.17) is 4.99 Å². The molecule has 0 spiro atoms. The van der Waals surface area contributed by atoms with Crippen molar-refractivity contribution in [2.24, 2.45) is 4.99 Å². The minimum atomic E-state index is 0. The summed E-state index contributed by atoms with van der Waals surface area (Å²) >= 11 is 0. The molecule has 1 aliphatic rings. The predicted octanol–water partition coefficient (Wildman–Crippen LogP) is 3.93. The van der Waals surface area contributed by atoms with Crippen LogP contribution < -0.4 is 15.5 Å². The lowest BCUT2D eigenvalue weighted by Crippen LogP contribution is -2.37. The zero-order valence-corrected chi connectivity index (χ0v) is 17.3. The number of nitrogens with zero attached hydrogens (tertiary/aromatic N) is 2. The molecule has 2 rings (SSSR count). The summed E-state index contributed by atoms with van der Waals surface area (Å²) in [5.41, 5.74) is 2.53. The van der Waals surface area contributed by atoms with Gasteiger partial charge < -0.3 is 15.5 Å². The monoisotopic (exact) mass is 442 g/mol. The van der Waals surface area contributed by atoms with E-state index < -0.39 is 0 Å². The summed E-state index contributed by atoms with van der Waals surface area (Å²) in [6, 6.07) is 8.70. The standard InChI is InChI=1S/C19H30N4.HI/c1-3-5-6-12-21-19(20-4-2)22-16-17-10-9-11-18(15-17)23-13-7-8-14-23;/h7-11,15H,3-6,12-14,16H2,1-2H3,(H2,20,21,22);1H. The highest BCUT2D eigenvalue weighted by Gasteiger charge is 2.07. The summed E-state index contributed by atoms with van der Waals surface area (Å²) in [7, 11) is 0. The average Bonchev–Trinajstić information content (AvgIpc) is 3.11. The second-order valence-electron chi connectivity index (χ2n) is 5.88. The summed E-state index contributed by atoms with van der Waals surface area (Å²) in [4.78, 5) is 7.07. The van der Waals surface area contributed by atoms with Crippen molar-refractivity contribution in [3.8, 4) is 0 Å². The molecule has 0 radical (unpaired) electrons. The number of aliphatic imine (C=N–C) groups is 1. The van der Waals surface area contributed by atoms with Crippen LogP contribution in [0.3, 0.4) is 0 Å². The largest absolute Gasteiger partial charge is 0.364 e. The normalized spacial score (nSPS) is 13.8. The van der Waals surface area contributed by atoms with Crippen LogP contribution in [0, 0.1) is 0 Å². The predicted molar refractivity (Wildman–Crippen MR) is 116 cm³/mol. The van der Waals surface area contributed by atoms with Crippen molar-refractivity contribution in [2.75, 3.05) is 31.1 Å². The maximum atomic E-state index is 4.71. The van der Waals surface area contributed by atoms with Crippen LogP contribution in [0.1, 0.15) is 38.7 Å². The summed E-state index contributed by atoms with van der Waals surface area (Å²) in [6.45, 7) is 8.92. The van der Waals surface area contributed by atoms with Crippen molar-refractivity contribution in [1.29, 1.82) is 0 Å². The van der Waals surface area contributed by atoms with Crippen LogP contribution in [0.5, 0.6) is 0 Å². The average molecular weight is 442 g/mol. The van der Waals surface area contributed by atoms with E-state index in [1.807, 2.05) is 0 Å². The summed E-state index contributed by atoms with van der Waals surface area (Å²) in [5, 5.41) is 6.73. The number of nitrogens with one attached hydrogen (secondary N) is 2. The Labute approximate surface area is 163 Å². The van der Waals surface area contributed by atoms with E-state index in [9.17, 15) is 0 Å². The molecule has 0 amide bonds. The van der Waals surface area contributed by atoms with Crippen molar-refractivity contribution < 1.29 is 0 Å². The van der Waals surface area contributed by atoms with Crippen molar-refractivity contribution in [3.05, 3.63) is 42.0 Å². The number of halogens is 1. The SMILES string of the molecule is CCCCCNC(=NCc1cccc(N2CC=CC2)c1)NCC.I. The summed E-state index contributed by atoms with van der Waals surface area (Å²) in [5.74, 6) is 0.914. The van der Waals surface area contributed by atoms with Crippen LogP contribution in [-0.2, 0) is 6.54 Å². The fraction of sp³-hybridized carbons (Fsp3) is 0.526. The molecule has 0 bridgehead atoms. The Bertz CT molecular complexity index is 520. The van der Waals surface area contributed by atoms with Crippen molar-refractivity contribution >= 4 is 35.6 Å². The molecule has 0 unspecified atom stereocenters. The van der Waals surface area contributed by atoms with Crippen molar-refractivity contribution in [1.82, 2.24) is 10.6 Å². The molecule has 5 heteroatoms. The molecule has 1 heterocycles. The van der Waals surface area contributed by atoms with Crippen LogP contribution >= 0.6 is 24.0 Å². The van der Waals surface area contributed by atoms with Gasteiger partial charge in [-0.15, -0.1) is 24.0 Å². The number of anilines is 1. The first-order valence-corrected chi connectivity index (χ1v) is 8.84. The van der Waals surface area contributed by atoms with Gasteiger partial charge in [0.15, 0.2) is 5.96 Å². The first-order chi connectivity index (χ1) is 11.3. The zero-order chi connectivity index (χ0) is 16.3. The van der Waals surface area contributed by atoms with E-state index in [2.05, 4.69) is 65.8 Å². The smallest absolute Gasteiger partial charge is 0.191 e. The number of benzene rings is 1. The van der Waals surface area contributed by atoms with Crippen LogP contribution in [0.2, 0.25) is 0 Å². The van der Waals surface area contributed by atoms with E-state index in [0.717, 1.165) is 32.1 Å². The maximum absolute atomic E-state index is 4.71.